The van der Waals surface area contributed by atoms with E-state index in [1.807, 2.05) is 30.3 Å². The number of alkyl halides is 3. The Labute approximate surface area is 208 Å². The van der Waals surface area contributed by atoms with E-state index in [0.717, 1.165) is 40.1 Å². The number of aromatic nitrogens is 1. The predicted octanol–water partition coefficient (Wildman–Crippen LogP) is 5.20. The first-order valence-electron chi connectivity index (χ1n) is 12.1. The molecule has 188 valence electrons. The second-order valence-corrected chi connectivity index (χ2v) is 9.98. The Bertz CT molecular complexity index is 1270. The molecule has 0 saturated carbocycles. The molecule has 2 aromatic carbocycles. The Morgan fingerprint density at radius 2 is 1.86 bits per heavy atom. The van der Waals surface area contributed by atoms with Gasteiger partial charge in [-0.3, -0.25) is 14.7 Å². The van der Waals surface area contributed by atoms with Crippen LogP contribution in [0.4, 0.5) is 13.2 Å². The lowest BCUT2D eigenvalue weighted by Crippen LogP contribution is -2.34. The smallest absolute Gasteiger partial charge is 0.390 e. The highest BCUT2D eigenvalue weighted by Gasteiger charge is 2.36. The van der Waals surface area contributed by atoms with Crippen LogP contribution in [0.2, 0.25) is 0 Å². The Balaban J connectivity index is 1.34. The average Bonchev–Trinajstić information content (AvgIpc) is 3.35. The number of aliphatic hydroxyl groups excluding tert-OH is 1. The first-order chi connectivity index (χ1) is 17.1. The van der Waals surface area contributed by atoms with Gasteiger partial charge in [0.1, 0.15) is 0 Å². The molecule has 1 amide bonds. The van der Waals surface area contributed by atoms with Crippen molar-refractivity contribution < 1.29 is 23.1 Å². The average molecular weight is 496 g/mol. The Kier molecular flexibility index (Phi) is 6.34. The molecule has 2 heterocycles. The van der Waals surface area contributed by atoms with Gasteiger partial charge in [-0.2, -0.15) is 13.2 Å². The minimum atomic E-state index is -4.36. The van der Waals surface area contributed by atoms with Gasteiger partial charge in [-0.25, -0.2) is 0 Å². The second-order valence-electron chi connectivity index (χ2n) is 9.98. The van der Waals surface area contributed by atoms with Gasteiger partial charge in [0.05, 0.1) is 35.0 Å². The van der Waals surface area contributed by atoms with Gasteiger partial charge in [0, 0.05) is 25.7 Å². The van der Waals surface area contributed by atoms with Crippen molar-refractivity contribution in [2.45, 2.75) is 57.7 Å². The largest absolute Gasteiger partial charge is 0.416 e. The number of aliphatic hydroxyl groups is 1. The number of nitrogens with one attached hydrogen (secondary N) is 1. The normalized spacial score (nSPS) is 21.5. The molecule has 2 N–H and O–H groups in total. The summed E-state index contributed by atoms with van der Waals surface area (Å²) < 4.78 is 38.8. The Hall–Kier alpha value is -3.23. The lowest BCUT2D eigenvalue weighted by Gasteiger charge is -2.27. The van der Waals surface area contributed by atoms with Crippen molar-refractivity contribution >= 4 is 5.91 Å². The van der Waals surface area contributed by atoms with E-state index in [1.54, 1.807) is 6.20 Å². The molecular weight excluding hydrogens is 467 g/mol. The standard InChI is InChI=1S/C28H28F3N3O2/c1-16(2)26-24-20(15-34(26)14-17-7-9-21(10-8-17)28(29,30)31)11-19(13-32-24)27(36)33-25-22-6-4-3-5-18(22)12-23(25)35/h3-11,13,16,23,25-26,35H,12,14-15H2,1-2H3,(H,33,36)/t23-,25+,26-/m0/s1. The summed E-state index contributed by atoms with van der Waals surface area (Å²) in [6.07, 6.45) is -2.98. The molecule has 3 atom stereocenters. The van der Waals surface area contributed by atoms with E-state index in [1.165, 1.54) is 12.1 Å². The van der Waals surface area contributed by atoms with Crippen LogP contribution in [0, 0.1) is 5.92 Å². The fourth-order valence-corrected chi connectivity index (χ4v) is 5.43. The minimum Gasteiger partial charge on any atom is -0.390 e. The van der Waals surface area contributed by atoms with E-state index in [0.29, 0.717) is 25.1 Å². The summed E-state index contributed by atoms with van der Waals surface area (Å²) in [5.74, 6) is -0.0775. The van der Waals surface area contributed by atoms with Crippen molar-refractivity contribution in [3.8, 4) is 0 Å². The number of halogens is 3. The Morgan fingerprint density at radius 1 is 1.14 bits per heavy atom. The molecule has 0 bridgehead atoms. The summed E-state index contributed by atoms with van der Waals surface area (Å²) in [5, 5.41) is 13.5. The fraction of sp³-hybridized carbons (Fsp3) is 0.357. The van der Waals surface area contributed by atoms with Gasteiger partial charge in [-0.05, 0) is 46.4 Å². The van der Waals surface area contributed by atoms with E-state index < -0.39 is 23.9 Å². The van der Waals surface area contributed by atoms with Gasteiger partial charge in [0.2, 0.25) is 0 Å². The molecule has 8 heteroatoms. The number of fused-ring (bicyclic) bond motifs is 2. The quantitative estimate of drug-likeness (QED) is 0.511. The fourth-order valence-electron chi connectivity index (χ4n) is 5.43. The van der Waals surface area contributed by atoms with Crippen molar-refractivity contribution in [3.05, 3.63) is 99.9 Å². The van der Waals surface area contributed by atoms with Gasteiger partial charge in [0.15, 0.2) is 0 Å². The van der Waals surface area contributed by atoms with Crippen molar-refractivity contribution in [2.75, 3.05) is 0 Å². The van der Waals surface area contributed by atoms with Gasteiger partial charge < -0.3 is 10.4 Å². The van der Waals surface area contributed by atoms with Crippen LogP contribution in [0.25, 0.3) is 0 Å². The van der Waals surface area contributed by atoms with E-state index >= 15 is 0 Å². The highest BCUT2D eigenvalue weighted by Crippen LogP contribution is 2.39. The molecule has 1 aliphatic heterocycles. The molecule has 5 nitrogen and oxygen atoms in total. The molecule has 36 heavy (non-hydrogen) atoms. The highest BCUT2D eigenvalue weighted by molar-refractivity contribution is 5.94. The number of rotatable bonds is 5. The lowest BCUT2D eigenvalue weighted by atomic mass is 9.99. The van der Waals surface area contributed by atoms with Crippen LogP contribution in [-0.4, -0.2) is 27.0 Å². The van der Waals surface area contributed by atoms with Crippen molar-refractivity contribution in [3.63, 3.8) is 0 Å². The first kappa shape index (κ1) is 24.5. The maximum absolute atomic E-state index is 13.1. The molecule has 1 aromatic heterocycles. The van der Waals surface area contributed by atoms with Crippen LogP contribution in [0.5, 0.6) is 0 Å². The van der Waals surface area contributed by atoms with Gasteiger partial charge in [-0.1, -0.05) is 50.2 Å². The lowest BCUT2D eigenvalue weighted by molar-refractivity contribution is -0.137. The van der Waals surface area contributed by atoms with Gasteiger partial charge in [0.25, 0.3) is 5.91 Å². The third-order valence-corrected chi connectivity index (χ3v) is 7.10. The maximum Gasteiger partial charge on any atom is 0.416 e. The monoisotopic (exact) mass is 495 g/mol. The summed E-state index contributed by atoms with van der Waals surface area (Å²) in [6, 6.07) is 14.3. The van der Waals surface area contributed by atoms with Crippen LogP contribution in [0.3, 0.4) is 0 Å². The number of benzene rings is 2. The molecule has 0 radical (unpaired) electrons. The third kappa shape index (κ3) is 4.63. The Morgan fingerprint density at radius 3 is 2.56 bits per heavy atom. The van der Waals surface area contributed by atoms with Crippen LogP contribution < -0.4 is 5.32 Å². The third-order valence-electron chi connectivity index (χ3n) is 7.10. The number of hydrogen-bond acceptors (Lipinski definition) is 4. The topological polar surface area (TPSA) is 65.5 Å². The summed E-state index contributed by atoms with van der Waals surface area (Å²) in [4.78, 5) is 19.9. The van der Waals surface area contributed by atoms with E-state index in [9.17, 15) is 23.1 Å². The number of pyridine rings is 1. The molecule has 1 aliphatic carbocycles. The van der Waals surface area contributed by atoms with Gasteiger partial charge >= 0.3 is 6.18 Å². The molecule has 2 aliphatic rings. The van der Waals surface area contributed by atoms with Crippen LogP contribution in [0.1, 0.15) is 69.8 Å². The number of hydrogen-bond donors (Lipinski definition) is 2. The molecule has 3 aromatic rings. The number of nitrogens with zero attached hydrogens (tertiary/aromatic N) is 2. The summed E-state index contributed by atoms with van der Waals surface area (Å²) in [7, 11) is 0. The SMILES string of the molecule is CC(C)[C@H]1c2ncc(C(=O)N[C@@H]3c4ccccc4C[C@@H]3O)cc2CN1Cc1ccc(C(F)(F)F)cc1. The summed E-state index contributed by atoms with van der Waals surface area (Å²) in [5.41, 5.74) is 4.32. The zero-order valence-corrected chi connectivity index (χ0v) is 20.1. The highest BCUT2D eigenvalue weighted by atomic mass is 19.4. The van der Waals surface area contributed by atoms with Crippen molar-refractivity contribution in [2.24, 2.45) is 5.92 Å². The zero-order valence-electron chi connectivity index (χ0n) is 20.1. The molecule has 5 rings (SSSR count). The van der Waals surface area contributed by atoms with E-state index in [4.69, 9.17) is 0 Å². The number of carbonyl (C=O) groups excluding carboxylic acids is 1. The second kappa shape index (κ2) is 9.33. The molecule has 0 spiro atoms. The van der Waals surface area contributed by atoms with Crippen LogP contribution in [0.15, 0.2) is 60.8 Å². The van der Waals surface area contributed by atoms with Crippen molar-refractivity contribution in [1.29, 1.82) is 0 Å². The number of carbonyl (C=O) groups is 1. The summed E-state index contributed by atoms with van der Waals surface area (Å²) in [6.45, 7) is 5.19. The minimum absolute atomic E-state index is 0.0112. The van der Waals surface area contributed by atoms with Crippen molar-refractivity contribution in [1.82, 2.24) is 15.2 Å². The molecule has 0 unspecified atom stereocenters. The first-order valence-corrected chi connectivity index (χ1v) is 12.1. The van der Waals surface area contributed by atoms with Crippen LogP contribution in [-0.2, 0) is 25.7 Å². The predicted molar refractivity (Wildman–Crippen MR) is 129 cm³/mol. The van der Waals surface area contributed by atoms with Gasteiger partial charge in [-0.15, -0.1) is 0 Å². The summed E-state index contributed by atoms with van der Waals surface area (Å²) >= 11 is 0. The molecule has 0 fully saturated rings. The molecule has 0 saturated heterocycles. The van der Waals surface area contributed by atoms with E-state index in [2.05, 4.69) is 29.0 Å². The zero-order chi connectivity index (χ0) is 25.6. The molecular formula is C28H28F3N3O2. The maximum atomic E-state index is 13.1. The number of amides is 1. The van der Waals surface area contributed by atoms with E-state index in [-0.39, 0.29) is 17.9 Å². The van der Waals surface area contributed by atoms with Crippen LogP contribution >= 0.6 is 0 Å².